The first-order chi connectivity index (χ1) is 18.3. The molecule has 0 aliphatic heterocycles. The Bertz CT molecular complexity index is 1480. The Kier molecular flexibility index (Phi) is 9.07. The van der Waals surface area contributed by atoms with Gasteiger partial charge in [0.2, 0.25) is 5.88 Å². The molecule has 0 radical (unpaired) electrons. The largest absolute Gasteiger partial charge is 0.501 e. The summed E-state index contributed by atoms with van der Waals surface area (Å²) in [4.78, 5) is 30.6. The van der Waals surface area contributed by atoms with Gasteiger partial charge in [-0.2, -0.15) is 13.2 Å². The van der Waals surface area contributed by atoms with Gasteiger partial charge >= 0.3 is 17.3 Å². The summed E-state index contributed by atoms with van der Waals surface area (Å²) in [6, 6.07) is 4.93. The van der Waals surface area contributed by atoms with Crippen LogP contribution >= 0.6 is 0 Å². The monoisotopic (exact) mass is 571 g/mol. The van der Waals surface area contributed by atoms with Gasteiger partial charge in [0.05, 0.1) is 34.7 Å². The zero-order valence-corrected chi connectivity index (χ0v) is 22.2. The smallest absolute Gasteiger partial charge is 0.493 e. The average Bonchev–Trinajstić information content (AvgIpc) is 3.10. The molecule has 0 fully saturated rings. The van der Waals surface area contributed by atoms with Crippen molar-refractivity contribution >= 4 is 21.6 Å². The Morgan fingerprint density at radius 2 is 1.79 bits per heavy atom. The second-order valence-corrected chi connectivity index (χ2v) is 10.3. The molecule has 15 heteroatoms. The first-order valence-electron chi connectivity index (χ1n) is 11.8. The molecule has 3 rings (SSSR count). The number of halogens is 3. The van der Waals surface area contributed by atoms with E-state index < -0.39 is 37.9 Å². The number of sulfone groups is 1. The number of imidazole rings is 1. The fraction of sp³-hybridized carbons (Fsp3) is 0.375. The molecule has 0 bridgehead atoms. The summed E-state index contributed by atoms with van der Waals surface area (Å²) >= 11 is 0. The highest BCUT2D eigenvalue weighted by Crippen LogP contribution is 2.31. The van der Waals surface area contributed by atoms with Gasteiger partial charge in [0.1, 0.15) is 6.61 Å². The van der Waals surface area contributed by atoms with Gasteiger partial charge in [0, 0.05) is 12.7 Å². The maximum atomic E-state index is 13.2. The summed E-state index contributed by atoms with van der Waals surface area (Å²) < 4.78 is 69.0. The van der Waals surface area contributed by atoms with Crippen LogP contribution in [-0.4, -0.2) is 70.4 Å². The molecule has 11 nitrogen and oxygen atoms in total. The lowest BCUT2D eigenvalue weighted by atomic mass is 10.2. The number of ether oxygens (including phenoxy) is 1. The van der Waals surface area contributed by atoms with E-state index in [2.05, 4.69) is 15.2 Å². The van der Waals surface area contributed by atoms with Crippen molar-refractivity contribution in [3.63, 3.8) is 0 Å². The predicted molar refractivity (Wildman–Crippen MR) is 136 cm³/mol. The van der Waals surface area contributed by atoms with E-state index in [9.17, 15) is 36.3 Å². The fourth-order valence-corrected chi connectivity index (χ4v) is 4.52. The van der Waals surface area contributed by atoms with E-state index in [-0.39, 0.29) is 30.2 Å². The Hall–Kier alpha value is -3.85. The van der Waals surface area contributed by atoms with Crippen molar-refractivity contribution < 1.29 is 36.2 Å². The van der Waals surface area contributed by atoms with E-state index in [1.54, 1.807) is 6.07 Å². The average molecular weight is 572 g/mol. The molecule has 0 saturated carbocycles. The third-order valence-corrected chi connectivity index (χ3v) is 7.59. The lowest BCUT2D eigenvalue weighted by molar-refractivity contribution is -0.0436. The van der Waals surface area contributed by atoms with E-state index in [4.69, 9.17) is 4.74 Å². The minimum absolute atomic E-state index is 0.0506. The minimum Gasteiger partial charge on any atom is -0.493 e. The summed E-state index contributed by atoms with van der Waals surface area (Å²) in [6.07, 6.45) is 2.11. The maximum Gasteiger partial charge on any atom is 0.501 e. The van der Waals surface area contributed by atoms with E-state index in [0.29, 0.717) is 24.2 Å². The van der Waals surface area contributed by atoms with Gasteiger partial charge in [0.25, 0.3) is 9.84 Å². The topological polar surface area (TPSA) is 136 Å². The fourth-order valence-electron chi connectivity index (χ4n) is 3.76. The number of benzene rings is 1. The summed E-state index contributed by atoms with van der Waals surface area (Å²) in [6.45, 7) is 7.68. The molecule has 2 N–H and O–H groups in total. The molecular formula is C24H28F3N5O6S. The van der Waals surface area contributed by atoms with Crippen molar-refractivity contribution in [3.8, 4) is 11.6 Å². The summed E-state index contributed by atoms with van der Waals surface area (Å²) in [7, 11) is -5.58. The molecule has 0 spiro atoms. The number of hydrogen-bond donors (Lipinski definition) is 2. The van der Waals surface area contributed by atoms with Crippen molar-refractivity contribution in [2.75, 3.05) is 31.6 Å². The second-order valence-electron chi connectivity index (χ2n) is 8.38. The van der Waals surface area contributed by atoms with Crippen LogP contribution in [0.15, 0.2) is 52.4 Å². The van der Waals surface area contributed by atoms with Crippen molar-refractivity contribution in [2.45, 2.75) is 37.7 Å². The molecule has 3 aromatic rings. The van der Waals surface area contributed by atoms with Gasteiger partial charge in [-0.25, -0.2) is 22.6 Å². The van der Waals surface area contributed by atoms with Crippen molar-refractivity contribution in [1.29, 1.82) is 0 Å². The van der Waals surface area contributed by atoms with E-state index in [1.165, 1.54) is 23.9 Å². The molecule has 0 saturated heterocycles. The molecule has 39 heavy (non-hydrogen) atoms. The number of hydrogen-bond acceptors (Lipinski definition) is 8. The SMILES string of the molecule is CCN(CC)CCOC(=O)Nc1cnccc1Cn1c(C)c(O)n(-c2ccc(S(=O)(=O)C(F)(F)F)cc2)c1=O. The zero-order chi connectivity index (χ0) is 29.0. The van der Waals surface area contributed by atoms with Gasteiger partial charge in [-0.3, -0.25) is 14.9 Å². The first-order valence-corrected chi connectivity index (χ1v) is 13.3. The number of pyridine rings is 1. The summed E-state index contributed by atoms with van der Waals surface area (Å²) in [5.74, 6) is -0.495. The zero-order valence-electron chi connectivity index (χ0n) is 21.4. The van der Waals surface area contributed by atoms with Crippen LogP contribution in [0.5, 0.6) is 5.88 Å². The highest BCUT2D eigenvalue weighted by Gasteiger charge is 2.46. The summed E-state index contributed by atoms with van der Waals surface area (Å²) in [5.41, 5.74) is -5.44. The van der Waals surface area contributed by atoms with Crippen LogP contribution in [-0.2, 0) is 21.1 Å². The summed E-state index contributed by atoms with van der Waals surface area (Å²) in [5, 5.41) is 13.2. The Morgan fingerprint density at radius 3 is 2.38 bits per heavy atom. The molecule has 0 aliphatic carbocycles. The van der Waals surface area contributed by atoms with E-state index >= 15 is 0 Å². The molecule has 2 aromatic heterocycles. The van der Waals surface area contributed by atoms with Gasteiger partial charge in [-0.05, 0) is 55.9 Å². The molecule has 0 atom stereocenters. The number of alkyl halides is 3. The molecular weight excluding hydrogens is 543 g/mol. The standard InChI is InChI=1S/C24H28F3N5O6S/c1-4-30(5-2)12-13-38-22(34)29-20-14-28-11-10-17(20)15-31-16(3)21(33)32(23(31)35)18-6-8-19(9-7-18)39(36,37)24(25,26)27/h6-11,14,33H,4-5,12-13,15H2,1-3H3,(H,29,34). The van der Waals surface area contributed by atoms with Crippen molar-refractivity contribution in [3.05, 3.63) is 64.5 Å². The molecule has 1 amide bonds. The van der Waals surface area contributed by atoms with Crippen LogP contribution in [0, 0.1) is 6.92 Å². The third-order valence-electron chi connectivity index (χ3n) is 6.08. The van der Waals surface area contributed by atoms with Crippen LogP contribution in [0.4, 0.5) is 23.7 Å². The number of rotatable bonds is 10. The molecule has 1 aromatic carbocycles. The molecule has 0 aliphatic rings. The van der Waals surface area contributed by atoms with Gasteiger partial charge in [-0.1, -0.05) is 13.8 Å². The highest BCUT2D eigenvalue weighted by molar-refractivity contribution is 7.92. The number of carbonyl (C=O) groups is 1. The Balaban J connectivity index is 1.84. The number of nitrogens with zero attached hydrogens (tertiary/aromatic N) is 4. The van der Waals surface area contributed by atoms with Crippen molar-refractivity contribution in [1.82, 2.24) is 19.0 Å². The Labute approximate surface area is 222 Å². The Morgan fingerprint density at radius 1 is 1.15 bits per heavy atom. The van der Waals surface area contributed by atoms with Crippen LogP contribution in [0.25, 0.3) is 5.69 Å². The number of carbonyl (C=O) groups excluding carboxylic acids is 1. The lowest BCUT2D eigenvalue weighted by Crippen LogP contribution is -2.29. The van der Waals surface area contributed by atoms with Crippen LogP contribution in [0.1, 0.15) is 25.1 Å². The number of aromatic nitrogens is 3. The van der Waals surface area contributed by atoms with Gasteiger partial charge in [-0.15, -0.1) is 0 Å². The number of anilines is 1. The van der Waals surface area contributed by atoms with E-state index in [1.807, 2.05) is 13.8 Å². The van der Waals surface area contributed by atoms with Crippen LogP contribution in [0.3, 0.4) is 0 Å². The van der Waals surface area contributed by atoms with Crippen LogP contribution in [0.2, 0.25) is 0 Å². The van der Waals surface area contributed by atoms with Crippen LogP contribution < -0.4 is 11.0 Å². The number of amides is 1. The molecule has 0 unspecified atom stereocenters. The van der Waals surface area contributed by atoms with Crippen molar-refractivity contribution in [2.24, 2.45) is 0 Å². The quantitative estimate of drug-likeness (QED) is 0.379. The van der Waals surface area contributed by atoms with E-state index in [0.717, 1.165) is 29.8 Å². The van der Waals surface area contributed by atoms with Gasteiger partial charge < -0.3 is 14.7 Å². The molecule has 212 valence electrons. The minimum atomic E-state index is -5.58. The molecule has 2 heterocycles. The van der Waals surface area contributed by atoms with Gasteiger partial charge in [0.15, 0.2) is 0 Å². The number of likely N-dealkylation sites (N-methyl/N-ethyl adjacent to an activating group) is 1. The maximum absolute atomic E-state index is 13.2. The predicted octanol–water partition coefficient (Wildman–Crippen LogP) is 3.28. The highest BCUT2D eigenvalue weighted by atomic mass is 32.2. The number of aromatic hydroxyl groups is 1. The lowest BCUT2D eigenvalue weighted by Gasteiger charge is -2.18. The second kappa shape index (κ2) is 11.9. The third kappa shape index (κ3) is 6.42. The first kappa shape index (κ1) is 29.7. The normalized spacial score (nSPS) is 12.1. The number of nitrogens with one attached hydrogen (secondary N) is 1.